The Morgan fingerprint density at radius 1 is 1.17 bits per heavy atom. The van der Waals surface area contributed by atoms with Crippen molar-refractivity contribution < 1.29 is 19.4 Å². The minimum atomic E-state index is -0.878. The van der Waals surface area contributed by atoms with Gasteiger partial charge < -0.3 is 24.0 Å². The van der Waals surface area contributed by atoms with Crippen LogP contribution < -0.4 is 9.64 Å². The van der Waals surface area contributed by atoms with Crippen LogP contribution >= 0.6 is 0 Å². The van der Waals surface area contributed by atoms with Gasteiger partial charge in [-0.25, -0.2) is 9.78 Å². The third kappa shape index (κ3) is 6.11. The van der Waals surface area contributed by atoms with Crippen molar-refractivity contribution in [2.75, 3.05) is 18.1 Å². The third-order valence-corrected chi connectivity index (χ3v) is 6.22. The largest absolute Gasteiger partial charge is 0.478 e. The van der Waals surface area contributed by atoms with Gasteiger partial charge in [-0.2, -0.15) is 0 Å². The Morgan fingerprint density at radius 2 is 1.94 bits per heavy atom. The van der Waals surface area contributed by atoms with Gasteiger partial charge in [-0.15, -0.1) is 0 Å². The van der Waals surface area contributed by atoms with Crippen molar-refractivity contribution in [3.63, 3.8) is 0 Å². The van der Waals surface area contributed by atoms with Crippen LogP contribution in [0.15, 0.2) is 60.4 Å². The number of hydrogen-bond donors (Lipinski definition) is 1. The summed E-state index contributed by atoms with van der Waals surface area (Å²) in [5.74, 6) is 0.807. The Morgan fingerprint density at radius 3 is 2.63 bits per heavy atom. The first-order valence-electron chi connectivity index (χ1n) is 12.1. The molecule has 4 rings (SSSR count). The van der Waals surface area contributed by atoms with E-state index >= 15 is 0 Å². The lowest BCUT2D eigenvalue weighted by Gasteiger charge is -2.25. The van der Waals surface area contributed by atoms with E-state index in [1.807, 2.05) is 49.0 Å². The fourth-order valence-corrected chi connectivity index (χ4v) is 4.17. The summed E-state index contributed by atoms with van der Waals surface area (Å²) >= 11 is 0. The molecule has 1 N–H and O–H groups in total. The molecule has 0 bridgehead atoms. The number of carboxylic acids is 1. The van der Waals surface area contributed by atoms with E-state index in [2.05, 4.69) is 35.0 Å². The predicted octanol–water partition coefficient (Wildman–Crippen LogP) is 5.51. The lowest BCUT2D eigenvalue weighted by atomic mass is 10.00. The summed E-state index contributed by atoms with van der Waals surface area (Å²) in [6.07, 6.45) is 7.77. The molecule has 1 aliphatic heterocycles. The van der Waals surface area contributed by atoms with Crippen molar-refractivity contribution >= 4 is 17.7 Å². The van der Waals surface area contributed by atoms with Crippen LogP contribution in [0.3, 0.4) is 0 Å². The Hall–Kier alpha value is -3.58. The second-order valence-electron chi connectivity index (χ2n) is 8.81. The van der Waals surface area contributed by atoms with E-state index in [4.69, 9.17) is 9.47 Å². The van der Waals surface area contributed by atoms with Gasteiger partial charge in [0.15, 0.2) is 6.29 Å². The highest BCUT2D eigenvalue weighted by atomic mass is 16.7. The first kappa shape index (κ1) is 24.5. The third-order valence-electron chi connectivity index (χ3n) is 6.22. The minimum Gasteiger partial charge on any atom is -0.478 e. The molecule has 0 radical (unpaired) electrons. The van der Waals surface area contributed by atoms with Gasteiger partial charge in [-0.05, 0) is 66.8 Å². The van der Waals surface area contributed by atoms with Gasteiger partial charge in [0, 0.05) is 37.2 Å². The molecule has 0 fully saturated rings. The van der Waals surface area contributed by atoms with Crippen molar-refractivity contribution in [1.29, 1.82) is 0 Å². The van der Waals surface area contributed by atoms with Crippen LogP contribution in [-0.2, 0) is 23.1 Å². The molecule has 0 saturated carbocycles. The van der Waals surface area contributed by atoms with E-state index in [0.717, 1.165) is 46.8 Å². The summed E-state index contributed by atoms with van der Waals surface area (Å²) in [5, 5.41) is 9.71. The highest BCUT2D eigenvalue weighted by molar-refractivity contribution is 5.94. The van der Waals surface area contributed by atoms with E-state index in [-0.39, 0.29) is 6.29 Å². The maximum atomic E-state index is 11.8. The van der Waals surface area contributed by atoms with Gasteiger partial charge in [-0.3, -0.25) is 0 Å². The number of carboxylic acid groups (broad SMARTS) is 1. The molecule has 0 aliphatic carbocycles. The average molecular weight is 476 g/mol. The van der Waals surface area contributed by atoms with Crippen LogP contribution in [0.1, 0.15) is 44.5 Å². The summed E-state index contributed by atoms with van der Waals surface area (Å²) in [6, 6.07) is 14.1. The Balaban J connectivity index is 1.57. The molecule has 184 valence electrons. The highest BCUT2D eigenvalue weighted by Gasteiger charge is 2.21. The van der Waals surface area contributed by atoms with Gasteiger partial charge in [0.2, 0.25) is 0 Å². The number of aryl methyl sites for hydroxylation is 1. The number of benzene rings is 2. The van der Waals surface area contributed by atoms with E-state index in [1.165, 1.54) is 0 Å². The SMILES string of the molecule is CCCCOC(C)Oc1ccc(-c2ccc3c(c2)C=C(C(=O)O)CCN3Cc2nccn2C)cc1. The lowest BCUT2D eigenvalue weighted by molar-refractivity contribution is -0.132. The zero-order valence-electron chi connectivity index (χ0n) is 20.6. The van der Waals surface area contributed by atoms with Crippen LogP contribution in [-0.4, -0.2) is 40.1 Å². The maximum Gasteiger partial charge on any atom is 0.331 e. The van der Waals surface area contributed by atoms with Crippen LogP contribution in [0.25, 0.3) is 17.2 Å². The summed E-state index contributed by atoms with van der Waals surface area (Å²) in [5.41, 5.74) is 4.36. The quantitative estimate of drug-likeness (QED) is 0.308. The average Bonchev–Trinajstić information content (AvgIpc) is 3.15. The highest BCUT2D eigenvalue weighted by Crippen LogP contribution is 2.33. The number of carbonyl (C=O) groups is 1. The van der Waals surface area contributed by atoms with Crippen molar-refractivity contribution in [2.24, 2.45) is 7.05 Å². The molecule has 1 aliphatic rings. The van der Waals surface area contributed by atoms with Gasteiger partial charge in [0.05, 0.1) is 13.2 Å². The lowest BCUT2D eigenvalue weighted by Crippen LogP contribution is -2.26. The number of nitrogens with zero attached hydrogens (tertiary/aromatic N) is 3. The van der Waals surface area contributed by atoms with Crippen LogP contribution in [0.2, 0.25) is 0 Å². The molecule has 0 spiro atoms. The number of aliphatic carboxylic acids is 1. The normalized spacial score (nSPS) is 14.1. The zero-order chi connectivity index (χ0) is 24.8. The molecular weight excluding hydrogens is 442 g/mol. The number of ether oxygens (including phenoxy) is 2. The fourth-order valence-electron chi connectivity index (χ4n) is 4.17. The van der Waals surface area contributed by atoms with Gasteiger partial charge >= 0.3 is 5.97 Å². The molecule has 7 nitrogen and oxygen atoms in total. The number of fused-ring (bicyclic) bond motifs is 1. The number of unbranched alkanes of at least 4 members (excludes halogenated alkanes) is 1. The molecular formula is C28H33N3O4. The summed E-state index contributed by atoms with van der Waals surface area (Å²) < 4.78 is 13.5. The molecule has 3 aromatic rings. The molecule has 2 heterocycles. The molecule has 0 saturated heterocycles. The smallest absolute Gasteiger partial charge is 0.331 e. The van der Waals surface area contributed by atoms with Gasteiger partial charge in [0.1, 0.15) is 11.6 Å². The molecule has 35 heavy (non-hydrogen) atoms. The number of aromatic nitrogens is 2. The van der Waals surface area contributed by atoms with E-state index in [1.54, 1.807) is 12.3 Å². The Bertz CT molecular complexity index is 1180. The molecule has 1 unspecified atom stereocenters. The standard InChI is InChI=1S/C28H33N3O4/c1-4-5-16-34-20(2)35-25-9-6-21(7-10-25)22-8-11-26-24(17-22)18-23(28(32)33)12-14-31(26)19-27-29-13-15-30(27)3/h6-11,13,15,17-18,20H,4-5,12,14,16,19H2,1-3H3,(H,32,33). The van der Waals surface area contributed by atoms with Crippen LogP contribution in [0.4, 0.5) is 5.69 Å². The van der Waals surface area contributed by atoms with E-state index in [0.29, 0.717) is 31.7 Å². The van der Waals surface area contributed by atoms with Crippen molar-refractivity contribution in [2.45, 2.75) is 45.9 Å². The number of hydrogen-bond acceptors (Lipinski definition) is 5. The fraction of sp³-hybridized carbons (Fsp3) is 0.357. The van der Waals surface area contributed by atoms with Crippen molar-refractivity contribution in [3.05, 3.63) is 71.8 Å². The Labute approximate surface area is 206 Å². The topological polar surface area (TPSA) is 76.8 Å². The first-order chi connectivity index (χ1) is 16.9. The molecule has 1 aromatic heterocycles. The van der Waals surface area contributed by atoms with Gasteiger partial charge in [-0.1, -0.05) is 31.5 Å². The Kier molecular flexibility index (Phi) is 7.87. The van der Waals surface area contributed by atoms with Crippen molar-refractivity contribution in [3.8, 4) is 16.9 Å². The monoisotopic (exact) mass is 475 g/mol. The summed E-state index contributed by atoms with van der Waals surface area (Å²) in [6.45, 7) is 5.95. The van der Waals surface area contributed by atoms with Gasteiger partial charge in [0.25, 0.3) is 0 Å². The van der Waals surface area contributed by atoms with Crippen LogP contribution in [0.5, 0.6) is 5.75 Å². The zero-order valence-corrected chi connectivity index (χ0v) is 20.6. The maximum absolute atomic E-state index is 11.8. The number of rotatable bonds is 10. The van der Waals surface area contributed by atoms with E-state index in [9.17, 15) is 9.90 Å². The minimum absolute atomic E-state index is 0.302. The summed E-state index contributed by atoms with van der Waals surface area (Å²) in [4.78, 5) is 18.5. The number of anilines is 1. The molecule has 7 heteroatoms. The second-order valence-corrected chi connectivity index (χ2v) is 8.81. The van der Waals surface area contributed by atoms with E-state index < -0.39 is 5.97 Å². The predicted molar refractivity (Wildman–Crippen MR) is 137 cm³/mol. The van der Waals surface area contributed by atoms with Crippen LogP contribution in [0, 0.1) is 0 Å². The first-order valence-corrected chi connectivity index (χ1v) is 12.1. The number of imidazole rings is 1. The molecule has 0 amide bonds. The molecule has 2 aromatic carbocycles. The second kappa shape index (κ2) is 11.2. The molecule has 1 atom stereocenters. The summed E-state index contributed by atoms with van der Waals surface area (Å²) in [7, 11) is 1.97. The van der Waals surface area contributed by atoms with Crippen molar-refractivity contribution in [1.82, 2.24) is 9.55 Å².